The summed E-state index contributed by atoms with van der Waals surface area (Å²) in [5.41, 5.74) is 3.25. The SMILES string of the molecule is CCCc1noc(-c2cccc(CNC(=NC)NCc3ccccc3)c2)n1.I. The summed E-state index contributed by atoms with van der Waals surface area (Å²) < 4.78 is 5.37. The molecule has 0 amide bonds. The minimum atomic E-state index is 0. The highest BCUT2D eigenvalue weighted by Gasteiger charge is 2.09. The largest absolute Gasteiger partial charge is 0.352 e. The molecule has 1 aromatic heterocycles. The molecule has 0 bridgehead atoms. The first-order valence-electron chi connectivity index (χ1n) is 9.19. The Morgan fingerprint density at radius 2 is 1.71 bits per heavy atom. The fraction of sp³-hybridized carbons (Fsp3) is 0.286. The van der Waals surface area contributed by atoms with Crippen LogP contribution >= 0.6 is 24.0 Å². The van der Waals surface area contributed by atoms with E-state index in [1.165, 1.54) is 5.56 Å². The van der Waals surface area contributed by atoms with Crippen molar-refractivity contribution >= 4 is 29.9 Å². The molecule has 2 N–H and O–H groups in total. The van der Waals surface area contributed by atoms with E-state index in [1.807, 2.05) is 30.3 Å². The zero-order valence-electron chi connectivity index (χ0n) is 16.2. The van der Waals surface area contributed by atoms with Gasteiger partial charge in [-0.25, -0.2) is 0 Å². The Morgan fingerprint density at radius 3 is 2.43 bits per heavy atom. The smallest absolute Gasteiger partial charge is 0.257 e. The van der Waals surface area contributed by atoms with E-state index in [1.54, 1.807) is 7.05 Å². The van der Waals surface area contributed by atoms with Crippen molar-refractivity contribution in [2.75, 3.05) is 7.05 Å². The summed E-state index contributed by atoms with van der Waals surface area (Å²) in [6, 6.07) is 18.3. The van der Waals surface area contributed by atoms with Crippen LogP contribution in [0.2, 0.25) is 0 Å². The molecular formula is C21H26IN5O. The van der Waals surface area contributed by atoms with Crippen LogP contribution in [-0.2, 0) is 19.5 Å². The molecule has 0 spiro atoms. The maximum absolute atomic E-state index is 5.37. The number of hydrogen-bond acceptors (Lipinski definition) is 4. The highest BCUT2D eigenvalue weighted by Crippen LogP contribution is 2.19. The van der Waals surface area contributed by atoms with Crippen molar-refractivity contribution in [2.45, 2.75) is 32.9 Å². The first-order valence-corrected chi connectivity index (χ1v) is 9.19. The zero-order chi connectivity index (χ0) is 18.9. The molecule has 0 atom stereocenters. The molecule has 0 fully saturated rings. The number of aliphatic imine (C=N–C) groups is 1. The summed E-state index contributed by atoms with van der Waals surface area (Å²) in [5, 5.41) is 10.7. The van der Waals surface area contributed by atoms with Gasteiger partial charge in [-0.1, -0.05) is 54.5 Å². The van der Waals surface area contributed by atoms with Crippen molar-refractivity contribution in [2.24, 2.45) is 4.99 Å². The lowest BCUT2D eigenvalue weighted by Crippen LogP contribution is -2.36. The molecule has 0 radical (unpaired) electrons. The van der Waals surface area contributed by atoms with Gasteiger partial charge in [-0.3, -0.25) is 4.99 Å². The second-order valence-corrected chi connectivity index (χ2v) is 6.23. The fourth-order valence-electron chi connectivity index (χ4n) is 2.70. The van der Waals surface area contributed by atoms with Gasteiger partial charge in [0.1, 0.15) is 0 Å². The average Bonchev–Trinajstić information content (AvgIpc) is 3.18. The number of rotatable bonds is 7. The number of nitrogens with zero attached hydrogens (tertiary/aromatic N) is 3. The highest BCUT2D eigenvalue weighted by molar-refractivity contribution is 14.0. The second kappa shape index (κ2) is 11.4. The molecule has 3 rings (SSSR count). The number of halogens is 1. The van der Waals surface area contributed by atoms with E-state index >= 15 is 0 Å². The van der Waals surface area contributed by atoms with Gasteiger partial charge in [-0.15, -0.1) is 24.0 Å². The summed E-state index contributed by atoms with van der Waals surface area (Å²) in [6.45, 7) is 3.47. The second-order valence-electron chi connectivity index (χ2n) is 6.23. The maximum atomic E-state index is 5.37. The topological polar surface area (TPSA) is 75.3 Å². The monoisotopic (exact) mass is 491 g/mol. The van der Waals surface area contributed by atoms with Crippen LogP contribution in [0.1, 0.15) is 30.3 Å². The molecule has 28 heavy (non-hydrogen) atoms. The van der Waals surface area contributed by atoms with E-state index in [0.717, 1.165) is 42.3 Å². The van der Waals surface area contributed by atoms with Gasteiger partial charge in [-0.05, 0) is 29.7 Å². The third kappa shape index (κ3) is 6.33. The Balaban J connectivity index is 0.00000280. The van der Waals surface area contributed by atoms with Gasteiger partial charge in [-0.2, -0.15) is 4.98 Å². The molecule has 0 aliphatic heterocycles. The van der Waals surface area contributed by atoms with Crippen LogP contribution in [0, 0.1) is 0 Å². The summed E-state index contributed by atoms with van der Waals surface area (Å²) in [4.78, 5) is 8.73. The molecule has 0 saturated carbocycles. The lowest BCUT2D eigenvalue weighted by atomic mass is 10.1. The van der Waals surface area contributed by atoms with E-state index in [9.17, 15) is 0 Å². The number of hydrogen-bond donors (Lipinski definition) is 2. The molecule has 1 heterocycles. The molecule has 0 unspecified atom stereocenters. The average molecular weight is 491 g/mol. The molecule has 0 aliphatic rings. The van der Waals surface area contributed by atoms with Crippen LogP contribution in [-0.4, -0.2) is 23.1 Å². The summed E-state index contributed by atoms with van der Waals surface area (Å²) in [6.07, 6.45) is 1.83. The molecular weight excluding hydrogens is 465 g/mol. The van der Waals surface area contributed by atoms with Crippen molar-refractivity contribution in [1.82, 2.24) is 20.8 Å². The van der Waals surface area contributed by atoms with Gasteiger partial charge >= 0.3 is 0 Å². The maximum Gasteiger partial charge on any atom is 0.257 e. The van der Waals surface area contributed by atoms with Crippen LogP contribution in [0.3, 0.4) is 0 Å². The van der Waals surface area contributed by atoms with Gasteiger partial charge in [0.15, 0.2) is 11.8 Å². The summed E-state index contributed by atoms with van der Waals surface area (Å²) in [7, 11) is 1.77. The number of nitrogens with one attached hydrogen (secondary N) is 2. The third-order valence-electron chi connectivity index (χ3n) is 4.10. The van der Waals surface area contributed by atoms with Crippen molar-refractivity contribution in [3.8, 4) is 11.5 Å². The Hall–Kier alpha value is -2.42. The van der Waals surface area contributed by atoms with Crippen LogP contribution in [0.25, 0.3) is 11.5 Å². The van der Waals surface area contributed by atoms with Gasteiger partial charge in [0, 0.05) is 32.1 Å². The highest BCUT2D eigenvalue weighted by atomic mass is 127. The normalized spacial score (nSPS) is 11.0. The molecule has 3 aromatic rings. The molecule has 6 nitrogen and oxygen atoms in total. The Bertz CT molecular complexity index is 879. The molecule has 0 saturated heterocycles. The summed E-state index contributed by atoms with van der Waals surface area (Å²) >= 11 is 0. The third-order valence-corrected chi connectivity index (χ3v) is 4.10. The lowest BCUT2D eigenvalue weighted by molar-refractivity contribution is 0.422. The first kappa shape index (κ1) is 21.9. The van der Waals surface area contributed by atoms with Crippen molar-refractivity contribution in [3.63, 3.8) is 0 Å². The molecule has 0 aliphatic carbocycles. The first-order chi connectivity index (χ1) is 13.3. The van der Waals surface area contributed by atoms with Crippen molar-refractivity contribution in [3.05, 3.63) is 71.5 Å². The van der Waals surface area contributed by atoms with Gasteiger partial charge in [0.25, 0.3) is 5.89 Å². The minimum Gasteiger partial charge on any atom is -0.352 e. The fourth-order valence-corrected chi connectivity index (χ4v) is 2.70. The van der Waals surface area contributed by atoms with Gasteiger partial charge in [0.05, 0.1) is 0 Å². The molecule has 148 valence electrons. The number of benzene rings is 2. The Labute approximate surface area is 182 Å². The molecule has 2 aromatic carbocycles. The van der Waals surface area contributed by atoms with Crippen molar-refractivity contribution < 1.29 is 4.52 Å². The zero-order valence-corrected chi connectivity index (χ0v) is 18.5. The van der Waals surface area contributed by atoms with E-state index in [4.69, 9.17) is 4.52 Å². The minimum absolute atomic E-state index is 0. The van der Waals surface area contributed by atoms with Crippen LogP contribution in [0.15, 0.2) is 64.1 Å². The van der Waals surface area contributed by atoms with Crippen molar-refractivity contribution in [1.29, 1.82) is 0 Å². The number of aryl methyl sites for hydroxylation is 1. The van der Waals surface area contributed by atoms with E-state index in [-0.39, 0.29) is 24.0 Å². The Kier molecular flexibility index (Phi) is 8.93. The predicted octanol–water partition coefficient (Wildman–Crippen LogP) is 4.17. The number of aromatic nitrogens is 2. The number of guanidine groups is 1. The van der Waals surface area contributed by atoms with E-state index in [2.05, 4.69) is 57.0 Å². The van der Waals surface area contributed by atoms with Crippen LogP contribution in [0.4, 0.5) is 0 Å². The van der Waals surface area contributed by atoms with E-state index in [0.29, 0.717) is 12.4 Å². The van der Waals surface area contributed by atoms with Crippen LogP contribution in [0.5, 0.6) is 0 Å². The standard InChI is InChI=1S/C21H25N5O.HI/c1-3-8-19-25-20(27-26-19)18-12-7-11-17(13-18)15-24-21(22-2)23-14-16-9-5-4-6-10-16;/h4-7,9-13H,3,8,14-15H2,1-2H3,(H2,22,23,24);1H. The van der Waals surface area contributed by atoms with Gasteiger partial charge in [0.2, 0.25) is 0 Å². The predicted molar refractivity (Wildman–Crippen MR) is 123 cm³/mol. The van der Waals surface area contributed by atoms with Gasteiger partial charge < -0.3 is 15.2 Å². The Morgan fingerprint density at radius 1 is 1.00 bits per heavy atom. The lowest BCUT2D eigenvalue weighted by Gasteiger charge is -2.12. The van der Waals surface area contributed by atoms with Crippen LogP contribution < -0.4 is 10.6 Å². The molecule has 7 heteroatoms. The summed E-state index contributed by atoms with van der Waals surface area (Å²) in [5.74, 6) is 2.07. The quantitative estimate of drug-likeness (QED) is 0.295. The van der Waals surface area contributed by atoms with E-state index < -0.39 is 0 Å².